The van der Waals surface area contributed by atoms with Gasteiger partial charge in [0.05, 0.1) is 30.3 Å². The van der Waals surface area contributed by atoms with Crippen molar-refractivity contribution < 1.29 is 13.9 Å². The summed E-state index contributed by atoms with van der Waals surface area (Å²) in [7, 11) is 1.53. The minimum Gasteiger partial charge on any atom is -0.496 e. The first-order valence-electron chi connectivity index (χ1n) is 11.7. The number of methoxy groups -OCH3 is 1. The van der Waals surface area contributed by atoms with Crippen LogP contribution in [0.3, 0.4) is 0 Å². The molecule has 1 N–H and O–H groups in total. The zero-order valence-corrected chi connectivity index (χ0v) is 20.8. The van der Waals surface area contributed by atoms with Crippen LogP contribution < -0.4 is 10.1 Å². The molecule has 1 amide bonds. The summed E-state index contributed by atoms with van der Waals surface area (Å²) in [6.45, 7) is 7.96. The maximum Gasteiger partial charge on any atom is 0.219 e. The summed E-state index contributed by atoms with van der Waals surface area (Å²) in [4.78, 5) is 22.6. The van der Waals surface area contributed by atoms with E-state index >= 15 is 4.39 Å². The van der Waals surface area contributed by atoms with Crippen LogP contribution in [0.1, 0.15) is 60.8 Å². The van der Waals surface area contributed by atoms with Crippen molar-refractivity contribution in [2.75, 3.05) is 25.5 Å². The minimum atomic E-state index is -1.63. The van der Waals surface area contributed by atoms with Gasteiger partial charge in [-0.15, -0.1) is 0 Å². The number of nitriles is 1. The van der Waals surface area contributed by atoms with Gasteiger partial charge in [-0.25, -0.2) is 14.4 Å². The van der Waals surface area contributed by atoms with E-state index in [4.69, 9.17) is 4.74 Å². The Labute approximate surface area is 204 Å². The fourth-order valence-corrected chi connectivity index (χ4v) is 4.87. The van der Waals surface area contributed by atoms with Gasteiger partial charge in [0, 0.05) is 49.9 Å². The van der Waals surface area contributed by atoms with E-state index in [1.807, 2.05) is 32.9 Å². The van der Waals surface area contributed by atoms with Gasteiger partial charge in [0.25, 0.3) is 0 Å². The molecule has 35 heavy (non-hydrogen) atoms. The monoisotopic (exact) mass is 475 g/mol. The van der Waals surface area contributed by atoms with Gasteiger partial charge in [-0.3, -0.25) is 4.79 Å². The molecule has 0 aliphatic carbocycles. The number of alkyl halides is 1. The van der Waals surface area contributed by atoms with E-state index in [9.17, 15) is 10.1 Å². The largest absolute Gasteiger partial charge is 0.496 e. The van der Waals surface area contributed by atoms with Crippen molar-refractivity contribution >= 4 is 22.6 Å². The van der Waals surface area contributed by atoms with Gasteiger partial charge >= 0.3 is 0 Å². The lowest BCUT2D eigenvalue weighted by Crippen LogP contribution is -2.42. The summed E-state index contributed by atoms with van der Waals surface area (Å²) in [6, 6.07) is 11.3. The lowest BCUT2D eigenvalue weighted by Gasteiger charge is -2.37. The third-order valence-electron chi connectivity index (χ3n) is 6.93. The summed E-state index contributed by atoms with van der Waals surface area (Å²) in [5.41, 5.74) is 2.00. The maximum atomic E-state index is 16.3. The molecule has 1 fully saturated rings. The van der Waals surface area contributed by atoms with Crippen molar-refractivity contribution in [2.45, 2.75) is 52.2 Å². The van der Waals surface area contributed by atoms with Crippen molar-refractivity contribution in [1.29, 1.82) is 5.26 Å². The number of hydrogen-bond acceptors (Lipinski definition) is 6. The summed E-state index contributed by atoms with van der Waals surface area (Å²) in [6.07, 6.45) is 0.390. The highest BCUT2D eigenvalue weighted by atomic mass is 19.1. The van der Waals surface area contributed by atoms with Crippen molar-refractivity contribution in [1.82, 2.24) is 14.9 Å². The third kappa shape index (κ3) is 4.63. The molecule has 8 heteroatoms. The zero-order valence-electron chi connectivity index (χ0n) is 20.8. The second-order valence-electron chi connectivity index (χ2n) is 9.16. The molecule has 2 aromatic carbocycles. The van der Waals surface area contributed by atoms with Crippen molar-refractivity contribution in [3.8, 4) is 11.8 Å². The smallest absolute Gasteiger partial charge is 0.219 e. The number of nitrogens with zero attached hydrogens (tertiary/aromatic N) is 4. The first-order valence-corrected chi connectivity index (χ1v) is 11.7. The second-order valence-corrected chi connectivity index (χ2v) is 9.16. The number of piperidine rings is 1. The van der Waals surface area contributed by atoms with E-state index in [1.54, 1.807) is 23.1 Å². The van der Waals surface area contributed by atoms with Gasteiger partial charge in [0.1, 0.15) is 23.1 Å². The maximum absolute atomic E-state index is 16.3. The fourth-order valence-electron chi connectivity index (χ4n) is 4.87. The summed E-state index contributed by atoms with van der Waals surface area (Å²) >= 11 is 0. The third-order valence-corrected chi connectivity index (χ3v) is 6.93. The van der Waals surface area contributed by atoms with Crippen LogP contribution in [-0.2, 0) is 10.5 Å². The zero-order chi connectivity index (χ0) is 25.3. The molecule has 182 valence electrons. The normalized spacial score (nSPS) is 16.0. The molecule has 0 bridgehead atoms. The lowest BCUT2D eigenvalue weighted by atomic mass is 9.84. The molecule has 1 atom stereocenters. The number of carbonyl (C=O) groups is 1. The lowest BCUT2D eigenvalue weighted by molar-refractivity contribution is -0.131. The molecule has 1 unspecified atom stereocenters. The summed E-state index contributed by atoms with van der Waals surface area (Å²) in [5, 5.41) is 13.6. The highest BCUT2D eigenvalue weighted by Crippen LogP contribution is 2.44. The number of benzene rings is 2. The molecule has 7 nitrogen and oxygen atoms in total. The van der Waals surface area contributed by atoms with Crippen molar-refractivity contribution in [2.24, 2.45) is 0 Å². The fraction of sp³-hybridized carbons (Fsp3) is 0.407. The molecule has 4 rings (SSSR count). The molecule has 2 heterocycles. The predicted octanol–water partition coefficient (Wildman–Crippen LogP) is 5.11. The van der Waals surface area contributed by atoms with Gasteiger partial charge in [0.2, 0.25) is 5.91 Å². The Morgan fingerprint density at radius 3 is 2.60 bits per heavy atom. The van der Waals surface area contributed by atoms with Crippen LogP contribution in [0.4, 0.5) is 10.2 Å². The number of halogens is 1. The van der Waals surface area contributed by atoms with E-state index in [2.05, 4.69) is 21.4 Å². The Balaban J connectivity index is 1.77. The van der Waals surface area contributed by atoms with Gasteiger partial charge in [-0.05, 0) is 44.0 Å². The second kappa shape index (κ2) is 9.49. The topological polar surface area (TPSA) is 91.1 Å². The molecular formula is C27H30FN5O2. The number of hydrogen-bond donors (Lipinski definition) is 1. The molecule has 1 aliphatic heterocycles. The molecule has 0 saturated carbocycles. The molecular weight excluding hydrogens is 445 g/mol. The van der Waals surface area contributed by atoms with Crippen molar-refractivity contribution in [3.05, 3.63) is 58.4 Å². The Kier molecular flexibility index (Phi) is 6.62. The van der Waals surface area contributed by atoms with Gasteiger partial charge in [-0.1, -0.05) is 12.1 Å². The first-order chi connectivity index (χ1) is 16.7. The summed E-state index contributed by atoms with van der Waals surface area (Å²) in [5.74, 6) is 1.56. The number of likely N-dealkylation sites (tertiary alicyclic amines) is 1. The van der Waals surface area contributed by atoms with Crippen LogP contribution in [0.5, 0.6) is 5.75 Å². The Bertz CT molecular complexity index is 1330. The number of carbonyl (C=O) groups excluding carboxylic acids is 1. The van der Waals surface area contributed by atoms with Crippen LogP contribution in [0.15, 0.2) is 30.3 Å². The highest BCUT2D eigenvalue weighted by Gasteiger charge is 2.39. The van der Waals surface area contributed by atoms with Crippen LogP contribution in [0.2, 0.25) is 0 Å². The minimum absolute atomic E-state index is 0.0439. The average Bonchev–Trinajstić information content (AvgIpc) is 2.83. The van der Waals surface area contributed by atoms with Crippen LogP contribution in [-0.4, -0.2) is 41.0 Å². The number of nitrogens with one attached hydrogen (secondary N) is 1. The van der Waals surface area contributed by atoms with Crippen LogP contribution in [0.25, 0.3) is 10.9 Å². The number of aromatic nitrogens is 2. The number of anilines is 1. The first kappa shape index (κ1) is 24.4. The molecule has 1 aliphatic rings. The Morgan fingerprint density at radius 2 is 1.97 bits per heavy atom. The van der Waals surface area contributed by atoms with E-state index in [-0.39, 0.29) is 24.8 Å². The Hall–Kier alpha value is -3.73. The Morgan fingerprint density at radius 1 is 1.26 bits per heavy atom. The average molecular weight is 476 g/mol. The molecule has 1 aromatic heterocycles. The molecule has 3 aromatic rings. The highest BCUT2D eigenvalue weighted by molar-refractivity contribution is 5.91. The molecule has 0 spiro atoms. The van der Waals surface area contributed by atoms with E-state index in [1.165, 1.54) is 14.0 Å². The van der Waals surface area contributed by atoms with E-state index in [0.717, 1.165) is 11.1 Å². The number of aryl methyl sites for hydroxylation is 1. The van der Waals surface area contributed by atoms with Gasteiger partial charge < -0.3 is 15.0 Å². The van der Waals surface area contributed by atoms with Crippen LogP contribution >= 0.6 is 0 Å². The standard InChI is InChI=1S/C27H30FN5O2/c1-16-20(15-29)7-6-8-21(16)17(2)30-26-22-13-23(25(35-5)14-24(22)31-18(3)32-26)27(28)9-11-33(12-10-27)19(4)34/h6-8,13-14,17H,9-12H2,1-5H3,(H,30,31,32). The molecule has 1 saturated heterocycles. The SMILES string of the molecule is COc1cc2nc(C)nc(NC(C)c3cccc(C#N)c3C)c2cc1C1(F)CCN(C(C)=O)CC1. The van der Waals surface area contributed by atoms with Crippen molar-refractivity contribution in [3.63, 3.8) is 0 Å². The van der Waals surface area contributed by atoms with Gasteiger partial charge in [-0.2, -0.15) is 5.26 Å². The van der Waals surface area contributed by atoms with Crippen LogP contribution in [0, 0.1) is 25.2 Å². The number of rotatable bonds is 5. The number of fused-ring (bicyclic) bond motifs is 1. The number of amides is 1. The quantitative estimate of drug-likeness (QED) is 0.552. The van der Waals surface area contributed by atoms with Gasteiger partial charge in [0.15, 0.2) is 0 Å². The van der Waals surface area contributed by atoms with E-state index in [0.29, 0.717) is 52.5 Å². The summed E-state index contributed by atoms with van der Waals surface area (Å²) < 4.78 is 21.9. The predicted molar refractivity (Wildman–Crippen MR) is 133 cm³/mol. The number of ether oxygens (including phenoxy) is 1. The van der Waals surface area contributed by atoms with E-state index < -0.39 is 5.67 Å². The molecule has 0 radical (unpaired) electrons.